The monoisotopic (exact) mass is 375 g/mol. The van der Waals surface area contributed by atoms with Gasteiger partial charge in [-0.05, 0) is 49.6 Å². The van der Waals surface area contributed by atoms with E-state index in [1.54, 1.807) is 12.3 Å². The van der Waals surface area contributed by atoms with Crippen LogP contribution in [0.2, 0.25) is 0 Å². The molecular formula is C23H25N3O2. The molecule has 1 amide bonds. The molecule has 0 aliphatic heterocycles. The first kappa shape index (κ1) is 19.4. The van der Waals surface area contributed by atoms with E-state index in [-0.39, 0.29) is 5.91 Å². The number of aryl methyl sites for hydroxylation is 1. The molecule has 0 radical (unpaired) electrons. The molecule has 144 valence electrons. The molecule has 1 heterocycles. The SMILES string of the molecule is CCOc1ccccc1Nc1ccnc(C(=O)NCCCc2ccccc2)c1. The Labute approximate surface area is 165 Å². The molecule has 3 aromatic rings. The Bertz CT molecular complexity index is 897. The van der Waals surface area contributed by atoms with Crippen LogP contribution in [0, 0.1) is 0 Å². The van der Waals surface area contributed by atoms with Gasteiger partial charge in [0.1, 0.15) is 11.4 Å². The van der Waals surface area contributed by atoms with Crippen LogP contribution in [-0.2, 0) is 6.42 Å². The van der Waals surface area contributed by atoms with Crippen LogP contribution in [0.15, 0.2) is 72.9 Å². The molecule has 0 aliphatic carbocycles. The van der Waals surface area contributed by atoms with Crippen molar-refractivity contribution in [2.75, 3.05) is 18.5 Å². The number of aromatic nitrogens is 1. The fourth-order valence-corrected chi connectivity index (χ4v) is 2.87. The first-order valence-corrected chi connectivity index (χ1v) is 9.53. The maximum atomic E-state index is 12.4. The Morgan fingerprint density at radius 2 is 1.82 bits per heavy atom. The number of carbonyl (C=O) groups is 1. The molecule has 0 saturated carbocycles. The summed E-state index contributed by atoms with van der Waals surface area (Å²) in [5.74, 6) is 0.600. The second-order valence-electron chi connectivity index (χ2n) is 6.33. The van der Waals surface area contributed by atoms with E-state index in [2.05, 4.69) is 27.8 Å². The number of ether oxygens (including phenoxy) is 1. The van der Waals surface area contributed by atoms with Crippen molar-refractivity contribution in [2.24, 2.45) is 0 Å². The molecule has 0 fully saturated rings. The summed E-state index contributed by atoms with van der Waals surface area (Å²) in [5.41, 5.74) is 3.30. The molecule has 0 atom stereocenters. The van der Waals surface area contributed by atoms with Crippen LogP contribution in [0.5, 0.6) is 5.75 Å². The van der Waals surface area contributed by atoms with Gasteiger partial charge < -0.3 is 15.4 Å². The maximum Gasteiger partial charge on any atom is 0.269 e. The van der Waals surface area contributed by atoms with Crippen LogP contribution in [0.25, 0.3) is 0 Å². The Morgan fingerprint density at radius 1 is 1.04 bits per heavy atom. The lowest BCUT2D eigenvalue weighted by atomic mass is 10.1. The van der Waals surface area contributed by atoms with Gasteiger partial charge in [0.25, 0.3) is 5.91 Å². The number of benzene rings is 2. The van der Waals surface area contributed by atoms with E-state index < -0.39 is 0 Å². The van der Waals surface area contributed by atoms with Crippen molar-refractivity contribution in [3.05, 3.63) is 84.2 Å². The molecule has 5 nitrogen and oxygen atoms in total. The van der Waals surface area contributed by atoms with Gasteiger partial charge in [-0.2, -0.15) is 0 Å². The fourth-order valence-electron chi connectivity index (χ4n) is 2.87. The highest BCUT2D eigenvalue weighted by molar-refractivity contribution is 5.93. The zero-order chi connectivity index (χ0) is 19.6. The standard InChI is InChI=1S/C23H25N3O2/c1-2-28-22-13-7-6-12-20(22)26-19-14-16-24-21(17-19)23(27)25-15-8-11-18-9-4-3-5-10-18/h3-7,9-10,12-14,16-17H,2,8,11,15H2,1H3,(H,24,26)(H,25,27). The van der Waals surface area contributed by atoms with Crippen LogP contribution in [-0.4, -0.2) is 24.0 Å². The Hall–Kier alpha value is -3.34. The zero-order valence-corrected chi connectivity index (χ0v) is 16.0. The summed E-state index contributed by atoms with van der Waals surface area (Å²) in [6, 6.07) is 21.5. The van der Waals surface area contributed by atoms with Gasteiger partial charge in [-0.3, -0.25) is 9.78 Å². The number of amides is 1. The molecule has 28 heavy (non-hydrogen) atoms. The summed E-state index contributed by atoms with van der Waals surface area (Å²) >= 11 is 0. The van der Waals surface area contributed by atoms with E-state index in [0.717, 1.165) is 30.0 Å². The number of nitrogens with one attached hydrogen (secondary N) is 2. The highest BCUT2D eigenvalue weighted by atomic mass is 16.5. The molecule has 0 aliphatic rings. The topological polar surface area (TPSA) is 63.2 Å². The average molecular weight is 375 g/mol. The minimum absolute atomic E-state index is 0.171. The molecule has 2 N–H and O–H groups in total. The first-order valence-electron chi connectivity index (χ1n) is 9.53. The largest absolute Gasteiger partial charge is 0.492 e. The third-order valence-electron chi connectivity index (χ3n) is 4.23. The highest BCUT2D eigenvalue weighted by Crippen LogP contribution is 2.27. The number of hydrogen-bond donors (Lipinski definition) is 2. The third kappa shape index (κ3) is 5.58. The van der Waals surface area contributed by atoms with Crippen LogP contribution >= 0.6 is 0 Å². The Kier molecular flexibility index (Phi) is 7.01. The lowest BCUT2D eigenvalue weighted by Gasteiger charge is -2.12. The van der Waals surface area contributed by atoms with Gasteiger partial charge in [0.05, 0.1) is 12.3 Å². The molecule has 1 aromatic heterocycles. The van der Waals surface area contributed by atoms with Crippen LogP contribution in [0.4, 0.5) is 11.4 Å². The number of nitrogens with zero attached hydrogens (tertiary/aromatic N) is 1. The number of carbonyl (C=O) groups excluding carboxylic acids is 1. The fraction of sp³-hybridized carbons (Fsp3) is 0.217. The van der Waals surface area contributed by atoms with E-state index >= 15 is 0 Å². The molecule has 0 unspecified atom stereocenters. The summed E-state index contributed by atoms with van der Waals surface area (Å²) in [7, 11) is 0. The molecule has 3 rings (SSSR count). The molecule has 2 aromatic carbocycles. The van der Waals surface area contributed by atoms with Gasteiger partial charge in [-0.1, -0.05) is 42.5 Å². The summed E-state index contributed by atoms with van der Waals surface area (Å²) in [4.78, 5) is 16.6. The molecule has 5 heteroatoms. The maximum absolute atomic E-state index is 12.4. The van der Waals surface area contributed by atoms with Crippen LogP contribution in [0.1, 0.15) is 29.4 Å². The van der Waals surface area contributed by atoms with Gasteiger partial charge in [-0.25, -0.2) is 0 Å². The predicted octanol–water partition coefficient (Wildman–Crippen LogP) is 4.59. The van der Waals surface area contributed by atoms with Crippen LogP contribution in [0.3, 0.4) is 0 Å². The normalized spacial score (nSPS) is 10.3. The summed E-state index contributed by atoms with van der Waals surface area (Å²) in [5, 5.41) is 6.23. The Balaban J connectivity index is 1.56. The second-order valence-corrected chi connectivity index (χ2v) is 6.33. The Morgan fingerprint density at radius 3 is 2.64 bits per heavy atom. The van der Waals surface area contributed by atoms with Gasteiger partial charge in [-0.15, -0.1) is 0 Å². The zero-order valence-electron chi connectivity index (χ0n) is 16.0. The van der Waals surface area contributed by atoms with E-state index in [4.69, 9.17) is 4.74 Å². The van der Waals surface area contributed by atoms with E-state index in [1.165, 1.54) is 5.56 Å². The minimum atomic E-state index is -0.171. The number of hydrogen-bond acceptors (Lipinski definition) is 4. The van der Waals surface area contributed by atoms with Crippen molar-refractivity contribution in [3.8, 4) is 5.75 Å². The van der Waals surface area contributed by atoms with Crippen molar-refractivity contribution in [1.29, 1.82) is 0 Å². The average Bonchev–Trinajstić information content (AvgIpc) is 2.74. The molecule has 0 saturated heterocycles. The van der Waals surface area contributed by atoms with Gasteiger partial charge in [0, 0.05) is 18.4 Å². The van der Waals surface area contributed by atoms with E-state index in [1.807, 2.05) is 55.5 Å². The number of pyridine rings is 1. The summed E-state index contributed by atoms with van der Waals surface area (Å²) in [6.45, 7) is 3.15. The van der Waals surface area contributed by atoms with Crippen LogP contribution < -0.4 is 15.4 Å². The van der Waals surface area contributed by atoms with Gasteiger partial charge in [0.15, 0.2) is 0 Å². The molecular weight excluding hydrogens is 350 g/mol. The number of para-hydroxylation sites is 2. The van der Waals surface area contributed by atoms with Crippen molar-refractivity contribution >= 4 is 17.3 Å². The molecule has 0 bridgehead atoms. The van der Waals surface area contributed by atoms with Crippen molar-refractivity contribution < 1.29 is 9.53 Å². The van der Waals surface area contributed by atoms with E-state index in [9.17, 15) is 4.79 Å². The molecule has 0 spiro atoms. The third-order valence-corrected chi connectivity index (χ3v) is 4.23. The van der Waals surface area contributed by atoms with Crippen molar-refractivity contribution in [3.63, 3.8) is 0 Å². The number of rotatable bonds is 9. The lowest BCUT2D eigenvalue weighted by Crippen LogP contribution is -2.25. The predicted molar refractivity (Wildman–Crippen MR) is 112 cm³/mol. The van der Waals surface area contributed by atoms with Crippen molar-refractivity contribution in [1.82, 2.24) is 10.3 Å². The number of anilines is 2. The van der Waals surface area contributed by atoms with Gasteiger partial charge >= 0.3 is 0 Å². The highest BCUT2D eigenvalue weighted by Gasteiger charge is 2.09. The van der Waals surface area contributed by atoms with Gasteiger partial charge in [0.2, 0.25) is 0 Å². The minimum Gasteiger partial charge on any atom is -0.492 e. The summed E-state index contributed by atoms with van der Waals surface area (Å²) < 4.78 is 5.63. The summed E-state index contributed by atoms with van der Waals surface area (Å²) in [6.07, 6.45) is 3.45. The second kappa shape index (κ2) is 10.1. The van der Waals surface area contributed by atoms with E-state index in [0.29, 0.717) is 18.8 Å². The lowest BCUT2D eigenvalue weighted by molar-refractivity contribution is 0.0948. The quantitative estimate of drug-likeness (QED) is 0.537. The first-order chi connectivity index (χ1) is 13.8. The smallest absolute Gasteiger partial charge is 0.269 e. The van der Waals surface area contributed by atoms with Crippen molar-refractivity contribution in [2.45, 2.75) is 19.8 Å².